The van der Waals surface area contributed by atoms with E-state index in [1.54, 1.807) is 0 Å². The number of hydrogen-bond acceptors (Lipinski definition) is 5. The maximum absolute atomic E-state index is 13.5. The van der Waals surface area contributed by atoms with Crippen molar-refractivity contribution in [2.24, 2.45) is 5.92 Å². The molecule has 0 bridgehead atoms. The molecule has 2 N–H and O–H groups in total. The fourth-order valence-corrected chi connectivity index (χ4v) is 2.91. The fourth-order valence-electron chi connectivity index (χ4n) is 2.91. The molecule has 1 heterocycles. The summed E-state index contributed by atoms with van der Waals surface area (Å²) in [6, 6.07) is 2.24. The number of likely N-dealkylation sites (tertiary alicyclic amines) is 1. The Hall–Kier alpha value is -2.54. The van der Waals surface area contributed by atoms with E-state index in [1.165, 1.54) is 0 Å². The zero-order valence-corrected chi connectivity index (χ0v) is 19.0. The summed E-state index contributed by atoms with van der Waals surface area (Å²) in [6.07, 6.45) is -6.86. The SMILES string of the molecule is C=O.C=O.CC(F)(F)F.CNCCN1CCC(CNC(=O)c2ccc(C(F)(F)F)c(F)c2)CC1. The number of hydrogen-bond donors (Lipinski definition) is 2. The van der Waals surface area contributed by atoms with Crippen molar-refractivity contribution in [2.45, 2.75) is 32.1 Å². The molecule has 0 unspecified atom stereocenters. The smallest absolute Gasteiger partial charge is 0.352 e. The number of alkyl halides is 6. The fraction of sp³-hybridized carbons (Fsp3) is 0.571. The molecule has 1 saturated heterocycles. The van der Waals surface area contributed by atoms with Crippen LogP contribution in [0.4, 0.5) is 30.7 Å². The first-order valence-electron chi connectivity index (χ1n) is 9.97. The van der Waals surface area contributed by atoms with Crippen molar-refractivity contribution >= 4 is 19.5 Å². The number of amides is 1. The van der Waals surface area contributed by atoms with Crippen LogP contribution in [0, 0.1) is 11.7 Å². The van der Waals surface area contributed by atoms with Gasteiger partial charge in [0.05, 0.1) is 5.56 Å². The summed E-state index contributed by atoms with van der Waals surface area (Å²) < 4.78 is 82.2. The molecule has 0 radical (unpaired) electrons. The van der Waals surface area contributed by atoms with Gasteiger partial charge >= 0.3 is 12.4 Å². The first-order valence-corrected chi connectivity index (χ1v) is 9.97. The van der Waals surface area contributed by atoms with Crippen molar-refractivity contribution in [3.63, 3.8) is 0 Å². The third-order valence-corrected chi connectivity index (χ3v) is 4.47. The largest absolute Gasteiger partial charge is 0.419 e. The summed E-state index contributed by atoms with van der Waals surface area (Å²) in [5, 5.41) is 5.80. The lowest BCUT2D eigenvalue weighted by Gasteiger charge is -2.31. The van der Waals surface area contributed by atoms with Crippen LogP contribution in [0.1, 0.15) is 35.7 Å². The van der Waals surface area contributed by atoms with E-state index in [9.17, 15) is 35.5 Å². The normalized spacial score (nSPS) is 14.4. The Morgan fingerprint density at radius 2 is 1.56 bits per heavy atom. The highest BCUT2D eigenvalue weighted by Gasteiger charge is 2.34. The van der Waals surface area contributed by atoms with Crippen molar-refractivity contribution < 1.29 is 45.1 Å². The molecular formula is C21H30F7N3O3. The summed E-state index contributed by atoms with van der Waals surface area (Å²) in [7, 11) is 1.91. The lowest BCUT2D eigenvalue weighted by atomic mass is 9.96. The molecule has 1 aromatic rings. The molecule has 0 aromatic heterocycles. The molecule has 6 nitrogen and oxygen atoms in total. The van der Waals surface area contributed by atoms with Crippen LogP contribution in [0.2, 0.25) is 0 Å². The standard InChI is InChI=1S/C17H23F4N3O.C2H3F3.2CH2O/c1-22-6-9-24-7-4-12(5-8-24)11-23-16(25)13-2-3-14(15(18)10-13)17(19,20)21;1-2(3,4)5;2*1-2/h2-3,10,12,22H,4-9,11H2,1H3,(H,23,25);1H3;2*1H2. The number of likely N-dealkylation sites (N-methyl/N-ethyl adjacent to an activating group) is 1. The van der Waals surface area contributed by atoms with Crippen LogP contribution < -0.4 is 10.6 Å². The van der Waals surface area contributed by atoms with Crippen molar-refractivity contribution in [3.05, 3.63) is 35.1 Å². The van der Waals surface area contributed by atoms with E-state index in [4.69, 9.17) is 9.59 Å². The molecule has 13 heteroatoms. The Morgan fingerprint density at radius 1 is 1.06 bits per heavy atom. The Labute approximate surface area is 193 Å². The van der Waals surface area contributed by atoms with Gasteiger partial charge in [0, 0.05) is 32.1 Å². The summed E-state index contributed by atoms with van der Waals surface area (Å²) >= 11 is 0. The Bertz CT molecular complexity index is 700. The number of halogens is 7. The van der Waals surface area contributed by atoms with Crippen molar-refractivity contribution in [3.8, 4) is 0 Å². The van der Waals surface area contributed by atoms with E-state index >= 15 is 0 Å². The van der Waals surface area contributed by atoms with E-state index in [2.05, 4.69) is 15.5 Å². The van der Waals surface area contributed by atoms with Crippen molar-refractivity contribution in [2.75, 3.05) is 39.8 Å². The van der Waals surface area contributed by atoms with E-state index in [1.807, 2.05) is 20.6 Å². The number of piperidine rings is 1. The van der Waals surface area contributed by atoms with E-state index < -0.39 is 29.6 Å². The summed E-state index contributed by atoms with van der Waals surface area (Å²) in [5.74, 6) is -1.66. The zero-order chi connectivity index (χ0) is 26.9. The van der Waals surface area contributed by atoms with Crippen LogP contribution in [0.15, 0.2) is 18.2 Å². The first-order chi connectivity index (χ1) is 15.8. The zero-order valence-electron chi connectivity index (χ0n) is 19.0. The van der Waals surface area contributed by atoms with Gasteiger partial charge in [-0.1, -0.05) is 0 Å². The average molecular weight is 505 g/mol. The van der Waals surface area contributed by atoms with Crippen molar-refractivity contribution in [1.82, 2.24) is 15.5 Å². The first kappa shape index (κ1) is 33.6. The second kappa shape index (κ2) is 17.0. The lowest BCUT2D eigenvalue weighted by molar-refractivity contribution is -0.140. The molecule has 0 atom stereocenters. The Kier molecular flexibility index (Phi) is 16.8. The molecule has 0 spiro atoms. The number of benzene rings is 1. The van der Waals surface area contributed by atoms with Gasteiger partial charge in [-0.3, -0.25) is 4.79 Å². The van der Waals surface area contributed by atoms with Gasteiger partial charge < -0.3 is 25.1 Å². The second-order valence-corrected chi connectivity index (χ2v) is 7.07. The van der Waals surface area contributed by atoms with Crippen LogP contribution >= 0.6 is 0 Å². The van der Waals surface area contributed by atoms with Gasteiger partial charge in [-0.05, 0) is 57.1 Å². The maximum Gasteiger partial charge on any atom is 0.419 e. The molecular weight excluding hydrogens is 475 g/mol. The molecule has 2 rings (SSSR count). The third kappa shape index (κ3) is 15.3. The number of carbonyl (C=O) groups excluding carboxylic acids is 3. The predicted molar refractivity (Wildman–Crippen MR) is 113 cm³/mol. The summed E-state index contributed by atoms with van der Waals surface area (Å²) in [5.41, 5.74) is -1.46. The minimum absolute atomic E-state index is 0.100. The third-order valence-electron chi connectivity index (χ3n) is 4.47. The lowest BCUT2D eigenvalue weighted by Crippen LogP contribution is -2.40. The molecule has 196 valence electrons. The highest BCUT2D eigenvalue weighted by atomic mass is 19.4. The Balaban J connectivity index is 0. The molecule has 0 aliphatic carbocycles. The minimum atomic E-state index is -4.76. The van der Waals surface area contributed by atoms with Crippen LogP contribution in [0.3, 0.4) is 0 Å². The van der Waals surface area contributed by atoms with Crippen molar-refractivity contribution in [1.29, 1.82) is 0 Å². The number of nitrogens with one attached hydrogen (secondary N) is 2. The molecule has 1 fully saturated rings. The monoisotopic (exact) mass is 505 g/mol. The van der Waals surface area contributed by atoms with Gasteiger partial charge in [0.25, 0.3) is 5.91 Å². The Morgan fingerprint density at radius 3 is 1.97 bits per heavy atom. The molecule has 0 saturated carbocycles. The van der Waals surface area contributed by atoms with Crippen LogP contribution in [0.5, 0.6) is 0 Å². The van der Waals surface area contributed by atoms with E-state index in [0.717, 1.165) is 45.1 Å². The highest BCUT2D eigenvalue weighted by molar-refractivity contribution is 5.94. The molecule has 1 aliphatic heterocycles. The van der Waals surface area contributed by atoms with Gasteiger partial charge in [0.15, 0.2) is 0 Å². The highest BCUT2D eigenvalue weighted by Crippen LogP contribution is 2.31. The minimum Gasteiger partial charge on any atom is -0.352 e. The van der Waals surface area contributed by atoms with E-state index in [-0.39, 0.29) is 12.5 Å². The van der Waals surface area contributed by atoms with Gasteiger partial charge in [0.1, 0.15) is 19.4 Å². The van der Waals surface area contributed by atoms with Gasteiger partial charge in [-0.2, -0.15) is 26.3 Å². The summed E-state index contributed by atoms with van der Waals surface area (Å²) in [4.78, 5) is 30.4. The number of carbonyl (C=O) groups is 3. The van der Waals surface area contributed by atoms with Gasteiger partial charge in [-0.15, -0.1) is 0 Å². The molecule has 34 heavy (non-hydrogen) atoms. The topological polar surface area (TPSA) is 78.5 Å². The predicted octanol–water partition coefficient (Wildman–Crippen LogP) is 3.70. The van der Waals surface area contributed by atoms with Gasteiger partial charge in [0.2, 0.25) is 0 Å². The molecule has 1 aliphatic rings. The molecule has 1 amide bonds. The van der Waals surface area contributed by atoms with Crippen LogP contribution in [0.25, 0.3) is 0 Å². The summed E-state index contributed by atoms with van der Waals surface area (Å²) in [6.45, 7) is 8.46. The number of nitrogens with zero attached hydrogens (tertiary/aromatic N) is 1. The average Bonchev–Trinajstić information content (AvgIpc) is 2.77. The van der Waals surface area contributed by atoms with Crippen LogP contribution in [-0.2, 0) is 15.8 Å². The quantitative estimate of drug-likeness (QED) is 0.577. The van der Waals surface area contributed by atoms with Crippen LogP contribution in [-0.4, -0.2) is 70.3 Å². The van der Waals surface area contributed by atoms with Gasteiger partial charge in [-0.25, -0.2) is 4.39 Å². The maximum atomic E-state index is 13.5. The molecule has 1 aromatic carbocycles. The number of rotatable bonds is 6. The van der Waals surface area contributed by atoms with E-state index in [0.29, 0.717) is 24.6 Å². The second-order valence-electron chi connectivity index (χ2n) is 7.07.